The van der Waals surface area contributed by atoms with E-state index in [1.807, 2.05) is 6.92 Å². The van der Waals surface area contributed by atoms with Crippen LogP contribution in [-0.2, 0) is 4.79 Å². The molecule has 25 heavy (non-hydrogen) atoms. The zero-order valence-electron chi connectivity index (χ0n) is 13.2. The number of ether oxygens (including phenoxy) is 1. The van der Waals surface area contributed by atoms with Crippen molar-refractivity contribution >= 4 is 75.1 Å². The average Bonchev–Trinajstić information content (AvgIpc) is 2.94. The van der Waals surface area contributed by atoms with Crippen LogP contribution in [0.3, 0.4) is 0 Å². The van der Waals surface area contributed by atoms with Crippen LogP contribution in [0.5, 0.6) is 5.75 Å². The van der Waals surface area contributed by atoms with Gasteiger partial charge in [0.15, 0.2) is 10.9 Å². The highest BCUT2D eigenvalue weighted by molar-refractivity contribution is 8.19. The molecule has 2 heterocycles. The van der Waals surface area contributed by atoms with Gasteiger partial charge in [-0.25, -0.2) is 4.90 Å². The number of rotatable bonds is 3. The van der Waals surface area contributed by atoms with Crippen LogP contribution in [0.4, 0.5) is 0 Å². The minimum Gasteiger partial charge on any atom is -0.494 e. The molecule has 6 nitrogen and oxygen atoms in total. The quantitative estimate of drug-likeness (QED) is 0.587. The first kappa shape index (κ1) is 18.3. The summed E-state index contributed by atoms with van der Waals surface area (Å²) in [5.74, 6) is 0.695. The second-order valence-corrected chi connectivity index (χ2v) is 7.63. The Morgan fingerprint density at radius 1 is 1.40 bits per heavy atom. The smallest absolute Gasteiger partial charge is 0.283 e. The van der Waals surface area contributed by atoms with E-state index in [9.17, 15) is 4.79 Å². The lowest BCUT2D eigenvalue weighted by atomic mass is 10.1. The van der Waals surface area contributed by atoms with Gasteiger partial charge in [-0.3, -0.25) is 10.2 Å². The first-order chi connectivity index (χ1) is 12.0. The van der Waals surface area contributed by atoms with E-state index < -0.39 is 5.91 Å². The van der Waals surface area contributed by atoms with Crippen LogP contribution in [0.25, 0.3) is 6.08 Å². The third-order valence-electron chi connectivity index (χ3n) is 3.30. The van der Waals surface area contributed by atoms with Crippen molar-refractivity contribution in [2.75, 3.05) is 12.9 Å². The van der Waals surface area contributed by atoms with Gasteiger partial charge in [0.05, 0.1) is 34.7 Å². The van der Waals surface area contributed by atoms with Gasteiger partial charge in [-0.1, -0.05) is 41.9 Å². The van der Waals surface area contributed by atoms with E-state index in [-0.39, 0.29) is 11.4 Å². The number of carbonyl (C=O) groups excluding carboxylic acids is 1. The van der Waals surface area contributed by atoms with Crippen molar-refractivity contribution in [2.24, 2.45) is 9.39 Å². The summed E-state index contributed by atoms with van der Waals surface area (Å²) in [5, 5.41) is 10.1. The SMILES string of the molecule is CCSC1=NSC2=NC(=O)/C(=C\c3cc(Cl)c(OC)c(Cl)c3)C(=N)N12. The van der Waals surface area contributed by atoms with Crippen LogP contribution in [0.15, 0.2) is 27.1 Å². The molecular weight excluding hydrogens is 403 g/mol. The second kappa shape index (κ2) is 7.41. The molecule has 1 N–H and O–H groups in total. The largest absolute Gasteiger partial charge is 0.494 e. The molecule has 0 aromatic heterocycles. The lowest BCUT2D eigenvalue weighted by Crippen LogP contribution is -2.41. The van der Waals surface area contributed by atoms with Gasteiger partial charge in [0.1, 0.15) is 5.84 Å². The van der Waals surface area contributed by atoms with E-state index >= 15 is 0 Å². The van der Waals surface area contributed by atoms with E-state index in [1.165, 1.54) is 18.9 Å². The molecule has 130 valence electrons. The number of halogens is 2. The van der Waals surface area contributed by atoms with Crippen LogP contribution >= 0.6 is 46.9 Å². The standard InChI is InChI=1S/C15H12Cl2N4O2S2/c1-3-24-15-20-25-14-19-13(22)8(12(18)21(14)15)4-7-5-9(16)11(23-2)10(17)6-7/h4-6,18H,3H2,1-2H3/b8-4-,18-12?. The fraction of sp³-hybridized carbons (Fsp3) is 0.200. The molecule has 0 atom stereocenters. The monoisotopic (exact) mass is 414 g/mol. The van der Waals surface area contributed by atoms with Gasteiger partial charge in [-0.05, 0) is 29.5 Å². The number of fused-ring (bicyclic) bond motifs is 1. The molecule has 1 amide bonds. The van der Waals surface area contributed by atoms with Gasteiger partial charge in [-0.15, -0.1) is 0 Å². The van der Waals surface area contributed by atoms with Crippen molar-refractivity contribution in [2.45, 2.75) is 6.92 Å². The summed E-state index contributed by atoms with van der Waals surface area (Å²) in [4.78, 5) is 17.9. The molecule has 0 spiro atoms. The van der Waals surface area contributed by atoms with Gasteiger partial charge >= 0.3 is 0 Å². The number of hydrogen-bond acceptors (Lipinski definition) is 6. The van der Waals surface area contributed by atoms with Crippen molar-refractivity contribution in [3.8, 4) is 5.75 Å². The number of thioether (sulfide) groups is 1. The van der Waals surface area contributed by atoms with E-state index in [0.29, 0.717) is 31.7 Å². The number of nitrogens with one attached hydrogen (secondary N) is 1. The third kappa shape index (κ3) is 3.44. The molecule has 1 aromatic carbocycles. The Labute approximate surface area is 163 Å². The molecule has 0 radical (unpaired) electrons. The van der Waals surface area contributed by atoms with Crippen molar-refractivity contribution in [1.29, 1.82) is 5.41 Å². The zero-order valence-corrected chi connectivity index (χ0v) is 16.3. The predicted molar refractivity (Wildman–Crippen MR) is 106 cm³/mol. The van der Waals surface area contributed by atoms with Crippen LogP contribution in [0, 0.1) is 5.41 Å². The molecular formula is C15H12Cl2N4O2S2. The molecule has 0 aliphatic carbocycles. The number of amidine groups is 3. The van der Waals surface area contributed by atoms with E-state index in [1.54, 1.807) is 23.1 Å². The summed E-state index contributed by atoms with van der Waals surface area (Å²) in [6.07, 6.45) is 1.54. The summed E-state index contributed by atoms with van der Waals surface area (Å²) < 4.78 is 9.38. The van der Waals surface area contributed by atoms with Gasteiger partial charge in [0, 0.05) is 0 Å². The van der Waals surface area contributed by atoms with E-state index in [2.05, 4.69) is 9.39 Å². The molecule has 0 saturated heterocycles. The average molecular weight is 415 g/mol. The minimum atomic E-state index is -0.496. The normalized spacial score (nSPS) is 18.4. The number of aliphatic imine (C=N–C) groups is 1. The Morgan fingerprint density at radius 2 is 2.08 bits per heavy atom. The molecule has 0 unspecified atom stereocenters. The predicted octanol–water partition coefficient (Wildman–Crippen LogP) is 4.33. The Morgan fingerprint density at radius 3 is 2.68 bits per heavy atom. The van der Waals surface area contributed by atoms with Crippen LogP contribution in [0.2, 0.25) is 10.0 Å². The molecule has 10 heteroatoms. The number of amides is 1. The van der Waals surface area contributed by atoms with Crippen molar-refractivity contribution in [1.82, 2.24) is 4.90 Å². The molecule has 2 aliphatic heterocycles. The highest BCUT2D eigenvalue weighted by Gasteiger charge is 2.37. The number of carbonyl (C=O) groups is 1. The first-order valence-corrected chi connectivity index (χ1v) is 9.62. The van der Waals surface area contributed by atoms with Crippen molar-refractivity contribution in [3.05, 3.63) is 33.3 Å². The summed E-state index contributed by atoms with van der Waals surface area (Å²) in [7, 11) is 1.47. The lowest BCUT2D eigenvalue weighted by molar-refractivity contribution is -0.114. The van der Waals surface area contributed by atoms with Crippen molar-refractivity contribution in [3.63, 3.8) is 0 Å². The Bertz CT molecular complexity index is 844. The summed E-state index contributed by atoms with van der Waals surface area (Å²) in [5.41, 5.74) is 0.726. The number of hydrogen-bond donors (Lipinski definition) is 1. The van der Waals surface area contributed by atoms with Crippen molar-refractivity contribution < 1.29 is 9.53 Å². The minimum absolute atomic E-state index is 0.0303. The third-order valence-corrected chi connectivity index (χ3v) is 5.50. The zero-order chi connectivity index (χ0) is 18.1. The van der Waals surface area contributed by atoms with Crippen LogP contribution in [0.1, 0.15) is 12.5 Å². The van der Waals surface area contributed by atoms with Gasteiger partial charge < -0.3 is 4.74 Å². The maximum absolute atomic E-state index is 12.3. The Balaban J connectivity index is 2.00. The fourth-order valence-corrected chi connectivity index (χ4v) is 4.48. The molecule has 2 aliphatic rings. The van der Waals surface area contributed by atoms with Gasteiger partial charge in [0.25, 0.3) is 5.91 Å². The molecule has 3 rings (SSSR count). The maximum atomic E-state index is 12.3. The molecule has 0 fully saturated rings. The van der Waals surface area contributed by atoms with E-state index in [4.69, 9.17) is 33.3 Å². The van der Waals surface area contributed by atoms with E-state index in [0.717, 1.165) is 17.7 Å². The topological polar surface area (TPSA) is 78.1 Å². The number of benzene rings is 1. The summed E-state index contributed by atoms with van der Waals surface area (Å²) in [6, 6.07) is 3.24. The van der Waals surface area contributed by atoms with Gasteiger partial charge in [0.2, 0.25) is 5.17 Å². The van der Waals surface area contributed by atoms with Gasteiger partial charge in [-0.2, -0.15) is 9.39 Å². The Hall–Kier alpha value is -1.48. The fourth-order valence-electron chi connectivity index (χ4n) is 2.25. The first-order valence-electron chi connectivity index (χ1n) is 7.10. The van der Waals surface area contributed by atoms with Crippen LogP contribution in [-0.4, -0.2) is 39.8 Å². The maximum Gasteiger partial charge on any atom is 0.283 e. The highest BCUT2D eigenvalue weighted by atomic mass is 35.5. The summed E-state index contributed by atoms with van der Waals surface area (Å²) >= 11 is 14.9. The molecule has 1 aromatic rings. The summed E-state index contributed by atoms with van der Waals surface area (Å²) in [6.45, 7) is 1.99. The lowest BCUT2D eigenvalue weighted by Gasteiger charge is -2.24. The van der Waals surface area contributed by atoms with Crippen LogP contribution < -0.4 is 4.74 Å². The molecule has 0 saturated carbocycles. The number of methoxy groups -OCH3 is 1. The number of nitrogens with zero attached hydrogens (tertiary/aromatic N) is 3. The second-order valence-electron chi connectivity index (χ2n) is 4.86. The Kier molecular flexibility index (Phi) is 5.43. The highest BCUT2D eigenvalue weighted by Crippen LogP contribution is 2.36. The molecule has 0 bridgehead atoms.